The van der Waals surface area contributed by atoms with Crippen LogP contribution < -0.4 is 0 Å². The van der Waals surface area contributed by atoms with E-state index in [0.717, 1.165) is 5.56 Å². The minimum Gasteiger partial charge on any atom is -0.388 e. The number of fused-ring (bicyclic) bond motifs is 1. The maximum atomic E-state index is 11.8. The van der Waals surface area contributed by atoms with E-state index in [0.29, 0.717) is 19.3 Å². The van der Waals surface area contributed by atoms with Gasteiger partial charge < -0.3 is 5.11 Å². The minimum atomic E-state index is -3.21. The summed E-state index contributed by atoms with van der Waals surface area (Å²) in [7, 11) is -3.21. The maximum Gasteiger partial charge on any atom is 0.152 e. The molecule has 1 aliphatic heterocycles. The van der Waals surface area contributed by atoms with Gasteiger partial charge in [-0.05, 0) is 30.4 Å². The first kappa shape index (κ1) is 13.6. The summed E-state index contributed by atoms with van der Waals surface area (Å²) in [4.78, 5) is 0. The molecule has 1 aromatic rings. The standard InChI is InChI=1S/C15H17NO3S/c16-10-14(7-8-20(18,19)11-14)15(17)6-5-12-3-1-2-4-13(12)9-15/h1-4,17H,5-9,11H2. The van der Waals surface area contributed by atoms with Gasteiger partial charge in [-0.3, -0.25) is 0 Å². The van der Waals surface area contributed by atoms with Gasteiger partial charge in [0.25, 0.3) is 0 Å². The number of hydrogen-bond donors (Lipinski definition) is 1. The summed E-state index contributed by atoms with van der Waals surface area (Å²) < 4.78 is 23.5. The van der Waals surface area contributed by atoms with Gasteiger partial charge in [-0.1, -0.05) is 24.3 Å². The second kappa shape index (κ2) is 4.31. The quantitative estimate of drug-likeness (QED) is 0.844. The molecule has 0 amide bonds. The van der Waals surface area contributed by atoms with E-state index in [1.807, 2.05) is 24.3 Å². The molecule has 0 saturated carbocycles. The van der Waals surface area contributed by atoms with Crippen molar-refractivity contribution in [2.45, 2.75) is 31.3 Å². The molecule has 0 spiro atoms. The normalized spacial score (nSPS) is 35.2. The summed E-state index contributed by atoms with van der Waals surface area (Å²) in [6.07, 6.45) is 1.75. The van der Waals surface area contributed by atoms with Gasteiger partial charge in [0.1, 0.15) is 5.41 Å². The summed E-state index contributed by atoms with van der Waals surface area (Å²) in [6, 6.07) is 10.00. The number of hydrogen-bond acceptors (Lipinski definition) is 4. The highest BCUT2D eigenvalue weighted by molar-refractivity contribution is 7.91. The predicted molar refractivity (Wildman–Crippen MR) is 74.7 cm³/mol. The van der Waals surface area contributed by atoms with E-state index in [1.165, 1.54) is 5.56 Å². The number of nitrogens with zero attached hydrogens (tertiary/aromatic N) is 1. The topological polar surface area (TPSA) is 78.2 Å². The van der Waals surface area contributed by atoms with Gasteiger partial charge in [-0.2, -0.15) is 5.26 Å². The van der Waals surface area contributed by atoms with Crippen LogP contribution in [0.1, 0.15) is 24.0 Å². The van der Waals surface area contributed by atoms with Crippen molar-refractivity contribution in [3.05, 3.63) is 35.4 Å². The van der Waals surface area contributed by atoms with E-state index in [1.54, 1.807) is 0 Å². The number of aliphatic hydroxyl groups is 1. The molecule has 0 bridgehead atoms. The lowest BCUT2D eigenvalue weighted by Gasteiger charge is -2.42. The molecule has 1 saturated heterocycles. The molecule has 1 aliphatic carbocycles. The van der Waals surface area contributed by atoms with Crippen LogP contribution in [0, 0.1) is 16.7 Å². The van der Waals surface area contributed by atoms with Gasteiger partial charge in [-0.15, -0.1) is 0 Å². The van der Waals surface area contributed by atoms with Crippen molar-refractivity contribution in [2.75, 3.05) is 11.5 Å². The monoisotopic (exact) mass is 291 g/mol. The first-order chi connectivity index (χ1) is 9.40. The Balaban J connectivity index is 2.00. The molecule has 2 atom stereocenters. The largest absolute Gasteiger partial charge is 0.388 e. The van der Waals surface area contributed by atoms with Gasteiger partial charge in [0, 0.05) is 6.42 Å². The van der Waals surface area contributed by atoms with Crippen molar-refractivity contribution in [1.82, 2.24) is 0 Å². The fourth-order valence-corrected chi connectivity index (χ4v) is 5.57. The van der Waals surface area contributed by atoms with E-state index in [2.05, 4.69) is 6.07 Å². The zero-order valence-corrected chi connectivity index (χ0v) is 12.0. The molecular weight excluding hydrogens is 274 g/mol. The molecule has 1 fully saturated rings. The molecule has 20 heavy (non-hydrogen) atoms. The first-order valence-corrected chi connectivity index (χ1v) is 8.63. The highest BCUT2D eigenvalue weighted by Gasteiger charge is 2.57. The van der Waals surface area contributed by atoms with Gasteiger partial charge in [0.2, 0.25) is 0 Å². The van der Waals surface area contributed by atoms with Crippen LogP contribution in [0.5, 0.6) is 0 Å². The molecule has 2 unspecified atom stereocenters. The molecule has 106 valence electrons. The molecule has 1 N–H and O–H groups in total. The Bertz CT molecular complexity index is 691. The number of benzene rings is 1. The fourth-order valence-electron chi connectivity index (χ4n) is 3.54. The summed E-state index contributed by atoms with van der Waals surface area (Å²) in [6.45, 7) is 0. The number of nitriles is 1. The lowest BCUT2D eigenvalue weighted by atomic mass is 9.64. The molecule has 0 aromatic heterocycles. The van der Waals surface area contributed by atoms with Crippen molar-refractivity contribution >= 4 is 9.84 Å². The SMILES string of the molecule is N#CC1(C2(O)CCc3ccccc3C2)CCS(=O)(=O)C1. The lowest BCUT2D eigenvalue weighted by Crippen LogP contribution is -2.52. The van der Waals surface area contributed by atoms with Crippen LogP contribution in [-0.2, 0) is 22.7 Å². The zero-order chi connectivity index (χ0) is 14.4. The van der Waals surface area contributed by atoms with E-state index >= 15 is 0 Å². The van der Waals surface area contributed by atoms with Crippen molar-refractivity contribution in [2.24, 2.45) is 5.41 Å². The van der Waals surface area contributed by atoms with Gasteiger partial charge >= 0.3 is 0 Å². The Morgan fingerprint density at radius 1 is 1.20 bits per heavy atom. The van der Waals surface area contributed by atoms with Crippen molar-refractivity contribution < 1.29 is 13.5 Å². The number of rotatable bonds is 1. The highest BCUT2D eigenvalue weighted by Crippen LogP contribution is 2.47. The van der Waals surface area contributed by atoms with Gasteiger partial charge in [0.05, 0.1) is 23.2 Å². The summed E-state index contributed by atoms with van der Waals surface area (Å²) >= 11 is 0. The van der Waals surface area contributed by atoms with Crippen molar-refractivity contribution in [1.29, 1.82) is 5.26 Å². The lowest BCUT2D eigenvalue weighted by molar-refractivity contribution is -0.0546. The average molecular weight is 291 g/mol. The third kappa shape index (κ3) is 1.95. The maximum absolute atomic E-state index is 11.8. The first-order valence-electron chi connectivity index (χ1n) is 6.81. The molecule has 0 radical (unpaired) electrons. The van der Waals surface area contributed by atoms with E-state index in [-0.39, 0.29) is 17.9 Å². The Morgan fingerprint density at radius 3 is 2.50 bits per heavy atom. The molecule has 1 aromatic carbocycles. The average Bonchev–Trinajstić information content (AvgIpc) is 2.76. The number of sulfone groups is 1. The molecule has 1 heterocycles. The Morgan fingerprint density at radius 2 is 1.90 bits per heavy atom. The van der Waals surface area contributed by atoms with Crippen LogP contribution in [0.3, 0.4) is 0 Å². The second-order valence-electron chi connectivity index (χ2n) is 6.01. The molecule has 4 nitrogen and oxygen atoms in total. The van der Waals surface area contributed by atoms with Crippen LogP contribution >= 0.6 is 0 Å². The van der Waals surface area contributed by atoms with Crippen LogP contribution in [0.25, 0.3) is 0 Å². The summed E-state index contributed by atoms with van der Waals surface area (Å²) in [5, 5.41) is 20.6. The van der Waals surface area contributed by atoms with E-state index in [9.17, 15) is 18.8 Å². The van der Waals surface area contributed by atoms with Crippen LogP contribution in [-0.4, -0.2) is 30.6 Å². The zero-order valence-electron chi connectivity index (χ0n) is 11.2. The van der Waals surface area contributed by atoms with E-state index < -0.39 is 20.9 Å². The van der Waals surface area contributed by atoms with Crippen molar-refractivity contribution in [3.63, 3.8) is 0 Å². The van der Waals surface area contributed by atoms with Crippen molar-refractivity contribution in [3.8, 4) is 6.07 Å². The second-order valence-corrected chi connectivity index (χ2v) is 8.20. The number of aryl methyl sites for hydroxylation is 1. The van der Waals surface area contributed by atoms with Crippen LogP contribution in [0.4, 0.5) is 0 Å². The smallest absolute Gasteiger partial charge is 0.152 e. The molecule has 3 rings (SSSR count). The van der Waals surface area contributed by atoms with Gasteiger partial charge in [0.15, 0.2) is 9.84 Å². The molecule has 2 aliphatic rings. The minimum absolute atomic E-state index is 0.00448. The molecular formula is C15H17NO3S. The Hall–Kier alpha value is -1.38. The van der Waals surface area contributed by atoms with Crippen LogP contribution in [0.15, 0.2) is 24.3 Å². The van der Waals surface area contributed by atoms with E-state index in [4.69, 9.17) is 0 Å². The summed E-state index contributed by atoms with van der Waals surface area (Å²) in [5.74, 6) is -0.209. The Labute approximate surface area is 119 Å². The van der Waals surface area contributed by atoms with Gasteiger partial charge in [-0.25, -0.2) is 8.42 Å². The van der Waals surface area contributed by atoms with Crippen LogP contribution in [0.2, 0.25) is 0 Å². The third-order valence-corrected chi connectivity index (χ3v) is 6.58. The third-order valence-electron chi connectivity index (χ3n) is 4.82. The Kier molecular flexibility index (Phi) is 2.93. The predicted octanol–water partition coefficient (Wildman–Crippen LogP) is 1.23. The molecule has 5 heteroatoms. The fraction of sp³-hybridized carbons (Fsp3) is 0.533. The summed E-state index contributed by atoms with van der Waals surface area (Å²) in [5.41, 5.74) is -0.176. The highest BCUT2D eigenvalue weighted by atomic mass is 32.2.